The van der Waals surface area contributed by atoms with Crippen LogP contribution >= 0.6 is 11.6 Å². The lowest BCUT2D eigenvalue weighted by atomic mass is 9.93. The summed E-state index contributed by atoms with van der Waals surface area (Å²) in [6, 6.07) is 20.5. The van der Waals surface area contributed by atoms with E-state index in [-0.39, 0.29) is 5.38 Å². The minimum atomic E-state index is -0.229. The number of benzene rings is 3. The number of fused-ring (bicyclic) bond motifs is 1. The van der Waals surface area contributed by atoms with Gasteiger partial charge in [-0.3, -0.25) is 0 Å². The van der Waals surface area contributed by atoms with Crippen LogP contribution < -0.4 is 4.74 Å². The molecule has 21 heavy (non-hydrogen) atoms. The highest BCUT2D eigenvalue weighted by atomic mass is 35.5. The molecule has 0 saturated heterocycles. The maximum Gasteiger partial charge on any atom is 0.123 e. The van der Waals surface area contributed by atoms with Crippen LogP contribution in [0.1, 0.15) is 22.1 Å². The lowest BCUT2D eigenvalue weighted by Gasteiger charge is -2.18. The monoisotopic (exact) mass is 296 g/mol. The van der Waals surface area contributed by atoms with Crippen molar-refractivity contribution >= 4 is 22.4 Å². The van der Waals surface area contributed by atoms with Crippen molar-refractivity contribution in [3.05, 3.63) is 77.4 Å². The fraction of sp³-hybridized carbons (Fsp3) is 0.158. The van der Waals surface area contributed by atoms with Crippen LogP contribution in [-0.2, 0) is 0 Å². The molecule has 2 heteroatoms. The van der Waals surface area contributed by atoms with Crippen molar-refractivity contribution in [3.63, 3.8) is 0 Å². The Balaban J connectivity index is 2.22. The molecule has 0 heterocycles. The van der Waals surface area contributed by atoms with Gasteiger partial charge in [-0.15, -0.1) is 11.6 Å². The molecule has 0 amide bonds. The van der Waals surface area contributed by atoms with Gasteiger partial charge in [0.1, 0.15) is 5.75 Å². The van der Waals surface area contributed by atoms with Crippen molar-refractivity contribution < 1.29 is 4.74 Å². The van der Waals surface area contributed by atoms with Crippen LogP contribution in [0.4, 0.5) is 0 Å². The van der Waals surface area contributed by atoms with E-state index >= 15 is 0 Å². The van der Waals surface area contributed by atoms with E-state index in [2.05, 4.69) is 37.3 Å². The van der Waals surface area contributed by atoms with Gasteiger partial charge in [-0.05, 0) is 34.9 Å². The molecule has 0 spiro atoms. The molecule has 3 aromatic carbocycles. The second-order valence-electron chi connectivity index (χ2n) is 5.12. The Morgan fingerprint density at radius 3 is 2.43 bits per heavy atom. The summed E-state index contributed by atoms with van der Waals surface area (Å²) in [4.78, 5) is 0. The van der Waals surface area contributed by atoms with E-state index < -0.39 is 0 Å². The second-order valence-corrected chi connectivity index (χ2v) is 5.56. The van der Waals surface area contributed by atoms with Crippen molar-refractivity contribution in [3.8, 4) is 5.75 Å². The highest BCUT2D eigenvalue weighted by Gasteiger charge is 2.19. The quantitative estimate of drug-likeness (QED) is 0.581. The van der Waals surface area contributed by atoms with Gasteiger partial charge >= 0.3 is 0 Å². The molecule has 0 aromatic heterocycles. The van der Waals surface area contributed by atoms with E-state index in [4.69, 9.17) is 16.3 Å². The van der Waals surface area contributed by atoms with Gasteiger partial charge in [-0.1, -0.05) is 54.6 Å². The lowest BCUT2D eigenvalue weighted by Crippen LogP contribution is -2.00. The Morgan fingerprint density at radius 1 is 0.905 bits per heavy atom. The zero-order valence-electron chi connectivity index (χ0n) is 12.1. The minimum Gasteiger partial charge on any atom is -0.496 e. The summed E-state index contributed by atoms with van der Waals surface area (Å²) < 4.78 is 5.46. The number of ether oxygens (including phenoxy) is 1. The average Bonchev–Trinajstić information content (AvgIpc) is 2.54. The summed E-state index contributed by atoms with van der Waals surface area (Å²) in [5.41, 5.74) is 3.35. The minimum absolute atomic E-state index is 0.229. The maximum absolute atomic E-state index is 6.82. The van der Waals surface area contributed by atoms with Gasteiger partial charge in [0.2, 0.25) is 0 Å². The van der Waals surface area contributed by atoms with Crippen LogP contribution in [0.25, 0.3) is 10.8 Å². The molecule has 0 aliphatic rings. The second kappa shape index (κ2) is 5.79. The first-order valence-electron chi connectivity index (χ1n) is 6.97. The van der Waals surface area contributed by atoms with E-state index in [9.17, 15) is 0 Å². The molecular weight excluding hydrogens is 280 g/mol. The van der Waals surface area contributed by atoms with Crippen molar-refractivity contribution in [2.45, 2.75) is 12.3 Å². The van der Waals surface area contributed by atoms with E-state index in [1.54, 1.807) is 7.11 Å². The molecule has 0 fully saturated rings. The largest absolute Gasteiger partial charge is 0.496 e. The molecule has 0 saturated carbocycles. The zero-order chi connectivity index (χ0) is 14.8. The SMILES string of the molecule is COc1ccccc1C(Cl)c1c(C)ccc2ccccc12. The number of hydrogen-bond acceptors (Lipinski definition) is 1. The first kappa shape index (κ1) is 14.0. The summed E-state index contributed by atoms with van der Waals surface area (Å²) in [6.45, 7) is 2.10. The highest BCUT2D eigenvalue weighted by molar-refractivity contribution is 6.24. The number of para-hydroxylation sites is 1. The summed E-state index contributed by atoms with van der Waals surface area (Å²) in [5, 5.41) is 2.18. The summed E-state index contributed by atoms with van der Waals surface area (Å²) in [7, 11) is 1.68. The number of rotatable bonds is 3. The molecule has 3 rings (SSSR count). The topological polar surface area (TPSA) is 9.23 Å². The fourth-order valence-corrected chi connectivity index (χ4v) is 3.24. The fourth-order valence-electron chi connectivity index (χ4n) is 2.77. The Hall–Kier alpha value is -1.99. The molecule has 0 aliphatic heterocycles. The third kappa shape index (κ3) is 2.50. The number of methoxy groups -OCH3 is 1. The van der Waals surface area contributed by atoms with Gasteiger partial charge in [0, 0.05) is 5.56 Å². The van der Waals surface area contributed by atoms with Crippen LogP contribution in [0.5, 0.6) is 5.75 Å². The molecule has 0 bridgehead atoms. The van der Waals surface area contributed by atoms with E-state index in [0.29, 0.717) is 0 Å². The van der Waals surface area contributed by atoms with Gasteiger partial charge < -0.3 is 4.74 Å². The Labute approximate surface area is 130 Å². The number of alkyl halides is 1. The van der Waals surface area contributed by atoms with Crippen molar-refractivity contribution in [1.29, 1.82) is 0 Å². The molecule has 1 nitrogen and oxygen atoms in total. The van der Waals surface area contributed by atoms with Gasteiger partial charge in [-0.25, -0.2) is 0 Å². The molecule has 0 radical (unpaired) electrons. The Bertz CT molecular complexity index is 779. The first-order valence-corrected chi connectivity index (χ1v) is 7.41. The van der Waals surface area contributed by atoms with E-state index in [0.717, 1.165) is 16.9 Å². The molecular formula is C19H17ClO. The molecule has 0 aliphatic carbocycles. The van der Waals surface area contributed by atoms with Crippen LogP contribution in [0.2, 0.25) is 0 Å². The number of aryl methyl sites for hydroxylation is 1. The zero-order valence-corrected chi connectivity index (χ0v) is 12.9. The average molecular weight is 297 g/mol. The predicted molar refractivity (Wildman–Crippen MR) is 89.4 cm³/mol. The van der Waals surface area contributed by atoms with Gasteiger partial charge in [-0.2, -0.15) is 0 Å². The number of halogens is 1. The summed E-state index contributed by atoms with van der Waals surface area (Å²) >= 11 is 6.82. The van der Waals surface area contributed by atoms with Crippen molar-refractivity contribution in [2.24, 2.45) is 0 Å². The van der Waals surface area contributed by atoms with E-state index in [1.165, 1.54) is 16.3 Å². The Morgan fingerprint density at radius 2 is 1.62 bits per heavy atom. The van der Waals surface area contributed by atoms with Crippen LogP contribution in [-0.4, -0.2) is 7.11 Å². The van der Waals surface area contributed by atoms with Crippen molar-refractivity contribution in [2.75, 3.05) is 7.11 Å². The van der Waals surface area contributed by atoms with Crippen LogP contribution in [0, 0.1) is 6.92 Å². The highest BCUT2D eigenvalue weighted by Crippen LogP contribution is 2.39. The first-order chi connectivity index (χ1) is 10.2. The normalized spacial score (nSPS) is 12.3. The third-order valence-corrected chi connectivity index (χ3v) is 4.31. The molecule has 3 aromatic rings. The van der Waals surface area contributed by atoms with E-state index in [1.807, 2.05) is 30.3 Å². The predicted octanol–water partition coefficient (Wildman–Crippen LogP) is 5.49. The maximum atomic E-state index is 6.82. The smallest absolute Gasteiger partial charge is 0.123 e. The molecule has 106 valence electrons. The molecule has 0 N–H and O–H groups in total. The summed E-state index contributed by atoms with van der Waals surface area (Å²) in [6.07, 6.45) is 0. The standard InChI is InChI=1S/C19H17ClO/c1-13-11-12-14-7-3-4-8-15(14)18(13)19(20)16-9-5-6-10-17(16)21-2/h3-12,19H,1-2H3. The Kier molecular flexibility index (Phi) is 3.85. The summed E-state index contributed by atoms with van der Waals surface area (Å²) in [5.74, 6) is 0.824. The van der Waals surface area contributed by atoms with Crippen LogP contribution in [0.15, 0.2) is 60.7 Å². The van der Waals surface area contributed by atoms with Crippen LogP contribution in [0.3, 0.4) is 0 Å². The van der Waals surface area contributed by atoms with Gasteiger partial charge in [0.25, 0.3) is 0 Å². The molecule has 1 unspecified atom stereocenters. The van der Waals surface area contributed by atoms with Gasteiger partial charge in [0.05, 0.1) is 12.5 Å². The lowest BCUT2D eigenvalue weighted by molar-refractivity contribution is 0.410. The molecule has 1 atom stereocenters. The van der Waals surface area contributed by atoms with Gasteiger partial charge in [0.15, 0.2) is 0 Å². The van der Waals surface area contributed by atoms with Crippen molar-refractivity contribution in [1.82, 2.24) is 0 Å². The third-order valence-electron chi connectivity index (χ3n) is 3.85. The number of hydrogen-bond donors (Lipinski definition) is 0.